The second-order valence-electron chi connectivity index (χ2n) is 6.33. The van der Waals surface area contributed by atoms with Crippen LogP contribution < -0.4 is 4.74 Å². The minimum absolute atomic E-state index is 0.0214. The Labute approximate surface area is 158 Å². The van der Waals surface area contributed by atoms with Gasteiger partial charge in [0.2, 0.25) is 10.0 Å². The number of furan rings is 1. The van der Waals surface area contributed by atoms with E-state index in [0.717, 1.165) is 0 Å². The smallest absolute Gasteiger partial charge is 0.252 e. The van der Waals surface area contributed by atoms with Gasteiger partial charge in [-0.2, -0.15) is 4.31 Å². The van der Waals surface area contributed by atoms with E-state index in [1.54, 1.807) is 32.3 Å². The zero-order valence-electron chi connectivity index (χ0n) is 15.4. The molecule has 1 saturated heterocycles. The number of nitrogens with zero attached hydrogens (tertiary/aromatic N) is 2. The molecule has 1 aliphatic rings. The molecule has 8 nitrogen and oxygen atoms in total. The number of morpholine rings is 1. The number of methoxy groups -OCH3 is 1. The van der Waals surface area contributed by atoms with Crippen molar-refractivity contribution in [2.24, 2.45) is 0 Å². The highest BCUT2D eigenvalue weighted by molar-refractivity contribution is 7.89. The van der Waals surface area contributed by atoms with Crippen LogP contribution in [0.1, 0.15) is 0 Å². The molecule has 1 unspecified atom stereocenters. The van der Waals surface area contributed by atoms with Gasteiger partial charge in [0.05, 0.1) is 31.1 Å². The third kappa shape index (κ3) is 3.85. The Morgan fingerprint density at radius 1 is 1.30 bits per heavy atom. The molecule has 0 saturated carbocycles. The molecule has 0 N–H and O–H groups in total. The largest absolute Gasteiger partial charge is 0.496 e. The molecule has 0 bridgehead atoms. The summed E-state index contributed by atoms with van der Waals surface area (Å²) in [5.41, 5.74) is 1.33. The molecule has 2 heterocycles. The average molecular weight is 394 g/mol. The van der Waals surface area contributed by atoms with Crippen molar-refractivity contribution in [2.45, 2.75) is 11.0 Å². The number of amides is 1. The maximum atomic E-state index is 13.1. The number of benzene rings is 1. The van der Waals surface area contributed by atoms with Gasteiger partial charge in [0.25, 0.3) is 5.91 Å². The van der Waals surface area contributed by atoms with E-state index in [9.17, 15) is 13.2 Å². The highest BCUT2D eigenvalue weighted by atomic mass is 32.2. The van der Waals surface area contributed by atoms with E-state index in [1.807, 2.05) is 0 Å². The summed E-state index contributed by atoms with van der Waals surface area (Å²) in [5.74, 6) is 0.279. The number of likely N-dealkylation sites (N-methyl/N-ethyl adjacent to an activating group) is 1. The van der Waals surface area contributed by atoms with Crippen LogP contribution in [0.25, 0.3) is 11.1 Å². The maximum absolute atomic E-state index is 13.1. The zero-order valence-corrected chi connectivity index (χ0v) is 16.2. The van der Waals surface area contributed by atoms with Crippen LogP contribution in [-0.4, -0.2) is 70.5 Å². The van der Waals surface area contributed by atoms with Gasteiger partial charge in [-0.1, -0.05) is 0 Å². The topological polar surface area (TPSA) is 89.3 Å². The second-order valence-corrected chi connectivity index (χ2v) is 8.27. The molecule has 3 rings (SSSR count). The first-order valence-electron chi connectivity index (χ1n) is 8.38. The average Bonchev–Trinajstić information content (AvgIpc) is 3.21. The van der Waals surface area contributed by atoms with Gasteiger partial charge in [0.15, 0.2) is 0 Å². The highest BCUT2D eigenvalue weighted by Gasteiger charge is 2.35. The molecule has 1 atom stereocenters. The van der Waals surface area contributed by atoms with Crippen molar-refractivity contribution in [3.8, 4) is 16.9 Å². The Bertz CT molecular complexity index is 908. The van der Waals surface area contributed by atoms with Gasteiger partial charge >= 0.3 is 0 Å². The van der Waals surface area contributed by atoms with Crippen LogP contribution in [0.4, 0.5) is 0 Å². The standard InChI is InChI=1S/C18H22N2O6S/c1-19(2)18(21)17-11-20(7-9-26-17)27(22,23)14-4-5-16(24-3)15(10-14)13-6-8-25-12-13/h4-6,8,10,12,17H,7,9,11H2,1-3H3. The predicted molar refractivity (Wildman–Crippen MR) is 97.9 cm³/mol. The van der Waals surface area contributed by atoms with Gasteiger partial charge in [0, 0.05) is 38.3 Å². The summed E-state index contributed by atoms with van der Waals surface area (Å²) in [6.45, 7) is 0.327. The van der Waals surface area contributed by atoms with E-state index in [2.05, 4.69) is 0 Å². The third-order valence-electron chi connectivity index (χ3n) is 4.39. The molecular formula is C18H22N2O6S. The zero-order chi connectivity index (χ0) is 19.6. The number of carbonyl (C=O) groups excluding carboxylic acids is 1. The minimum Gasteiger partial charge on any atom is -0.496 e. The van der Waals surface area contributed by atoms with Gasteiger partial charge < -0.3 is 18.8 Å². The molecule has 0 radical (unpaired) electrons. The lowest BCUT2D eigenvalue weighted by Crippen LogP contribution is -2.51. The number of hydrogen-bond donors (Lipinski definition) is 0. The Hall–Kier alpha value is -2.36. The summed E-state index contributed by atoms with van der Waals surface area (Å²) in [5, 5.41) is 0. The first kappa shape index (κ1) is 19.4. The van der Waals surface area contributed by atoms with E-state index in [1.165, 1.54) is 34.9 Å². The predicted octanol–water partition coefficient (Wildman–Crippen LogP) is 1.43. The Balaban J connectivity index is 1.93. The minimum atomic E-state index is -3.80. The van der Waals surface area contributed by atoms with Gasteiger partial charge in [-0.15, -0.1) is 0 Å². The van der Waals surface area contributed by atoms with Gasteiger partial charge in [-0.05, 0) is 24.3 Å². The first-order valence-corrected chi connectivity index (χ1v) is 9.82. The van der Waals surface area contributed by atoms with Gasteiger partial charge in [0.1, 0.15) is 11.9 Å². The fourth-order valence-corrected chi connectivity index (χ4v) is 4.37. The summed E-state index contributed by atoms with van der Waals surface area (Å²) >= 11 is 0. The van der Waals surface area contributed by atoms with Crippen molar-refractivity contribution in [3.05, 3.63) is 36.8 Å². The quantitative estimate of drug-likeness (QED) is 0.762. The van der Waals surface area contributed by atoms with E-state index in [-0.39, 0.29) is 30.5 Å². The van der Waals surface area contributed by atoms with Crippen LogP contribution in [-0.2, 0) is 19.6 Å². The van der Waals surface area contributed by atoms with Crippen molar-refractivity contribution in [2.75, 3.05) is 40.9 Å². The SMILES string of the molecule is COc1ccc(S(=O)(=O)N2CCOC(C(=O)N(C)C)C2)cc1-c1ccoc1. The molecule has 146 valence electrons. The Morgan fingerprint density at radius 2 is 2.07 bits per heavy atom. The fraction of sp³-hybridized carbons (Fsp3) is 0.389. The molecule has 27 heavy (non-hydrogen) atoms. The summed E-state index contributed by atoms with van der Waals surface area (Å²) in [6.07, 6.45) is 2.22. The molecular weight excluding hydrogens is 372 g/mol. The molecule has 1 aromatic heterocycles. The van der Waals surface area contributed by atoms with Crippen LogP contribution in [0, 0.1) is 0 Å². The molecule has 1 amide bonds. The van der Waals surface area contributed by atoms with E-state index < -0.39 is 16.1 Å². The Kier molecular flexibility index (Phi) is 5.54. The molecule has 2 aromatic rings. The van der Waals surface area contributed by atoms with Crippen molar-refractivity contribution in [1.29, 1.82) is 0 Å². The lowest BCUT2D eigenvalue weighted by Gasteiger charge is -2.32. The summed E-state index contributed by atoms with van der Waals surface area (Å²) in [7, 11) is 0.946. The van der Waals surface area contributed by atoms with Gasteiger partial charge in [-0.3, -0.25) is 4.79 Å². The van der Waals surface area contributed by atoms with Crippen LogP contribution in [0.5, 0.6) is 5.75 Å². The molecule has 1 aliphatic heterocycles. The first-order chi connectivity index (χ1) is 12.8. The normalized spacial score (nSPS) is 18.3. The summed E-state index contributed by atoms with van der Waals surface area (Å²) < 4.78 is 43.4. The van der Waals surface area contributed by atoms with Gasteiger partial charge in [-0.25, -0.2) is 8.42 Å². The second kappa shape index (κ2) is 7.71. The molecule has 0 aliphatic carbocycles. The fourth-order valence-electron chi connectivity index (χ4n) is 2.92. The van der Waals surface area contributed by atoms with E-state index in [4.69, 9.17) is 13.9 Å². The maximum Gasteiger partial charge on any atom is 0.252 e. The number of sulfonamides is 1. The molecule has 1 fully saturated rings. The van der Waals surface area contributed by atoms with Crippen molar-refractivity contribution < 1.29 is 27.1 Å². The molecule has 0 spiro atoms. The summed E-state index contributed by atoms with van der Waals surface area (Å²) in [6, 6.07) is 6.39. The lowest BCUT2D eigenvalue weighted by molar-refractivity contribution is -0.144. The van der Waals surface area contributed by atoms with Crippen LogP contribution in [0.2, 0.25) is 0 Å². The van der Waals surface area contributed by atoms with Crippen LogP contribution in [0.15, 0.2) is 46.1 Å². The Morgan fingerprint density at radius 3 is 2.70 bits per heavy atom. The van der Waals surface area contributed by atoms with Crippen molar-refractivity contribution in [3.63, 3.8) is 0 Å². The number of carbonyl (C=O) groups is 1. The number of rotatable bonds is 5. The molecule has 1 aromatic carbocycles. The van der Waals surface area contributed by atoms with Crippen LogP contribution in [0.3, 0.4) is 0 Å². The lowest BCUT2D eigenvalue weighted by atomic mass is 10.1. The van der Waals surface area contributed by atoms with Crippen LogP contribution >= 0.6 is 0 Å². The highest BCUT2D eigenvalue weighted by Crippen LogP contribution is 2.33. The molecule has 9 heteroatoms. The van der Waals surface area contributed by atoms with E-state index in [0.29, 0.717) is 16.9 Å². The van der Waals surface area contributed by atoms with E-state index >= 15 is 0 Å². The van der Waals surface area contributed by atoms with Crippen molar-refractivity contribution in [1.82, 2.24) is 9.21 Å². The number of ether oxygens (including phenoxy) is 2. The summed E-state index contributed by atoms with van der Waals surface area (Å²) in [4.78, 5) is 13.7. The number of hydrogen-bond acceptors (Lipinski definition) is 6. The third-order valence-corrected chi connectivity index (χ3v) is 6.25. The van der Waals surface area contributed by atoms with Crippen molar-refractivity contribution >= 4 is 15.9 Å². The monoisotopic (exact) mass is 394 g/mol.